The third-order valence-electron chi connectivity index (χ3n) is 5.44. The molecule has 0 spiro atoms. The van der Waals surface area contributed by atoms with Crippen LogP contribution in [0.4, 0.5) is 5.69 Å². The molecule has 0 N–H and O–H groups in total. The summed E-state index contributed by atoms with van der Waals surface area (Å²) >= 11 is 1.56. The van der Waals surface area contributed by atoms with E-state index in [4.69, 9.17) is 9.72 Å². The number of thioether (sulfide) groups is 1. The van der Waals surface area contributed by atoms with Crippen LogP contribution in [0.3, 0.4) is 0 Å². The predicted octanol–water partition coefficient (Wildman–Crippen LogP) is 5.74. The second-order valence-electron chi connectivity index (χ2n) is 8.40. The van der Waals surface area contributed by atoms with Crippen molar-refractivity contribution in [3.05, 3.63) is 59.2 Å². The van der Waals surface area contributed by atoms with Gasteiger partial charge in [0.2, 0.25) is 23.2 Å². The van der Waals surface area contributed by atoms with E-state index in [0.29, 0.717) is 29.1 Å². The first-order chi connectivity index (χ1) is 15.4. The maximum Gasteiger partial charge on any atom is 0.247 e. The van der Waals surface area contributed by atoms with Gasteiger partial charge in [-0.2, -0.15) is 4.98 Å². The molecule has 7 heteroatoms. The molecule has 0 saturated carbocycles. The van der Waals surface area contributed by atoms with Crippen molar-refractivity contribution >= 4 is 23.4 Å². The fraction of sp³-hybridized carbons (Fsp3) is 0.360. The van der Waals surface area contributed by atoms with Crippen LogP contribution < -0.4 is 9.64 Å². The van der Waals surface area contributed by atoms with Gasteiger partial charge in [-0.3, -0.25) is 9.69 Å². The highest BCUT2D eigenvalue weighted by Gasteiger charge is 2.35. The summed E-state index contributed by atoms with van der Waals surface area (Å²) in [6.45, 7) is 10.3. The lowest BCUT2D eigenvalue weighted by Gasteiger charge is -2.31. The molecule has 2 aromatic carbocycles. The number of carbonyl (C=O) groups is 1. The lowest BCUT2D eigenvalue weighted by atomic mass is 10.0. The Kier molecular flexibility index (Phi) is 6.46. The van der Waals surface area contributed by atoms with Crippen LogP contribution >= 0.6 is 11.8 Å². The van der Waals surface area contributed by atoms with Crippen molar-refractivity contribution in [1.82, 2.24) is 15.2 Å². The van der Waals surface area contributed by atoms with Crippen molar-refractivity contribution in [2.45, 2.75) is 52.4 Å². The van der Waals surface area contributed by atoms with E-state index in [2.05, 4.69) is 50.0 Å². The first-order valence-electron chi connectivity index (χ1n) is 10.9. The van der Waals surface area contributed by atoms with Gasteiger partial charge in [0.15, 0.2) is 5.69 Å². The van der Waals surface area contributed by atoms with Crippen LogP contribution in [0.1, 0.15) is 50.1 Å². The summed E-state index contributed by atoms with van der Waals surface area (Å²) in [5.41, 5.74) is 5.31. The maximum absolute atomic E-state index is 13.2. The topological polar surface area (TPSA) is 68.2 Å². The molecule has 0 saturated heterocycles. The Morgan fingerprint density at radius 1 is 1.12 bits per heavy atom. The standard InChI is InChI=1S/C25H28N4O2S/c1-6-21(30)29-20-10-8-7-9-19(20)22-23(26-25(28-27-22)32-14-15(2)3)31-24(29)18-12-11-16(4)17(5)13-18/h7-13,15,24H,6,14H2,1-5H3/t24-/m0/s1. The van der Waals surface area contributed by atoms with Crippen LogP contribution in [0.5, 0.6) is 5.88 Å². The summed E-state index contributed by atoms with van der Waals surface area (Å²) < 4.78 is 6.48. The van der Waals surface area contributed by atoms with E-state index in [9.17, 15) is 4.79 Å². The average Bonchev–Trinajstić information content (AvgIpc) is 2.93. The maximum atomic E-state index is 13.2. The number of anilines is 1. The van der Waals surface area contributed by atoms with E-state index in [-0.39, 0.29) is 5.91 Å². The molecule has 3 aromatic rings. The molecule has 0 aliphatic carbocycles. The van der Waals surface area contributed by atoms with Crippen molar-refractivity contribution in [2.24, 2.45) is 5.92 Å². The van der Waals surface area contributed by atoms with E-state index < -0.39 is 6.23 Å². The smallest absolute Gasteiger partial charge is 0.247 e. The minimum Gasteiger partial charge on any atom is -0.447 e. The van der Waals surface area contributed by atoms with Crippen molar-refractivity contribution in [3.63, 3.8) is 0 Å². The van der Waals surface area contributed by atoms with Gasteiger partial charge in [0.05, 0.1) is 5.69 Å². The number of benzene rings is 2. The Balaban J connectivity index is 1.89. The molecule has 0 bridgehead atoms. The minimum atomic E-state index is -0.649. The van der Waals surface area contributed by atoms with E-state index in [1.807, 2.05) is 37.3 Å². The number of hydrogen-bond acceptors (Lipinski definition) is 6. The number of ether oxygens (including phenoxy) is 1. The normalized spacial score (nSPS) is 15.1. The summed E-state index contributed by atoms with van der Waals surface area (Å²) in [5, 5.41) is 9.39. The lowest BCUT2D eigenvalue weighted by molar-refractivity contribution is -0.120. The SMILES string of the molecule is CCC(=O)N1c2ccccc2-c2nnc(SCC(C)C)nc2O[C@H]1c1ccc(C)c(C)c1. The third kappa shape index (κ3) is 4.35. The Morgan fingerprint density at radius 3 is 2.62 bits per heavy atom. The minimum absolute atomic E-state index is 0.0316. The zero-order valence-electron chi connectivity index (χ0n) is 19.1. The van der Waals surface area contributed by atoms with E-state index in [1.165, 1.54) is 5.56 Å². The van der Waals surface area contributed by atoms with Crippen molar-refractivity contribution < 1.29 is 9.53 Å². The first kappa shape index (κ1) is 22.3. The van der Waals surface area contributed by atoms with Crippen molar-refractivity contribution in [2.75, 3.05) is 10.7 Å². The number of amides is 1. The summed E-state index contributed by atoms with van der Waals surface area (Å²) in [7, 11) is 0. The van der Waals surface area contributed by atoms with Crippen LogP contribution in [0.2, 0.25) is 0 Å². The zero-order valence-corrected chi connectivity index (χ0v) is 19.9. The van der Waals surface area contributed by atoms with Crippen LogP contribution in [-0.4, -0.2) is 26.8 Å². The molecule has 32 heavy (non-hydrogen) atoms. The monoisotopic (exact) mass is 448 g/mol. The van der Waals surface area contributed by atoms with Gasteiger partial charge in [-0.15, -0.1) is 10.2 Å². The van der Waals surface area contributed by atoms with Gasteiger partial charge >= 0.3 is 0 Å². The molecule has 1 aliphatic heterocycles. The van der Waals surface area contributed by atoms with Gasteiger partial charge in [0, 0.05) is 23.3 Å². The second kappa shape index (κ2) is 9.28. The molecule has 0 fully saturated rings. The molecule has 4 rings (SSSR count). The summed E-state index contributed by atoms with van der Waals surface area (Å²) in [4.78, 5) is 19.6. The van der Waals surface area contributed by atoms with Crippen LogP contribution in [-0.2, 0) is 4.79 Å². The predicted molar refractivity (Wildman–Crippen MR) is 128 cm³/mol. The van der Waals surface area contributed by atoms with Crippen molar-refractivity contribution in [3.8, 4) is 17.1 Å². The Hall–Kier alpha value is -2.93. The van der Waals surface area contributed by atoms with Crippen LogP contribution in [0, 0.1) is 19.8 Å². The van der Waals surface area contributed by atoms with E-state index in [0.717, 1.165) is 28.1 Å². The number of para-hydroxylation sites is 1. The number of carbonyl (C=O) groups excluding carboxylic acids is 1. The second-order valence-corrected chi connectivity index (χ2v) is 9.39. The number of hydrogen-bond donors (Lipinski definition) is 0. The molecule has 1 aromatic heterocycles. The van der Waals surface area contributed by atoms with Gasteiger partial charge in [0.1, 0.15) is 0 Å². The van der Waals surface area contributed by atoms with Gasteiger partial charge in [-0.25, -0.2) is 0 Å². The van der Waals surface area contributed by atoms with Crippen LogP contribution in [0.15, 0.2) is 47.6 Å². The molecule has 1 atom stereocenters. The molecule has 1 amide bonds. The number of aromatic nitrogens is 3. The largest absolute Gasteiger partial charge is 0.447 e. The summed E-state index contributed by atoms with van der Waals surface area (Å²) in [6, 6.07) is 13.9. The highest BCUT2D eigenvalue weighted by molar-refractivity contribution is 7.99. The Labute approximate surface area is 193 Å². The molecule has 0 unspecified atom stereocenters. The summed E-state index contributed by atoms with van der Waals surface area (Å²) in [6.07, 6.45) is -0.298. The lowest BCUT2D eigenvalue weighted by Crippen LogP contribution is -2.37. The number of rotatable bonds is 5. The molecular formula is C25H28N4O2S. The highest BCUT2D eigenvalue weighted by atomic mass is 32.2. The first-order valence-corrected chi connectivity index (χ1v) is 11.9. The van der Waals surface area contributed by atoms with Gasteiger partial charge in [0.25, 0.3) is 0 Å². The molecule has 166 valence electrons. The third-order valence-corrected chi connectivity index (χ3v) is 6.71. The molecule has 6 nitrogen and oxygen atoms in total. The number of fused-ring (bicyclic) bond motifs is 3. The number of nitrogens with zero attached hydrogens (tertiary/aromatic N) is 4. The van der Waals surface area contributed by atoms with Gasteiger partial charge in [-0.05, 0) is 37.0 Å². The average molecular weight is 449 g/mol. The van der Waals surface area contributed by atoms with Gasteiger partial charge < -0.3 is 4.74 Å². The Morgan fingerprint density at radius 2 is 1.91 bits per heavy atom. The molecule has 0 radical (unpaired) electrons. The fourth-order valence-corrected chi connectivity index (χ4v) is 4.32. The fourth-order valence-electron chi connectivity index (χ4n) is 3.59. The number of aryl methyl sites for hydroxylation is 2. The zero-order chi connectivity index (χ0) is 22.8. The highest BCUT2D eigenvalue weighted by Crippen LogP contribution is 2.43. The quantitative estimate of drug-likeness (QED) is 0.464. The van der Waals surface area contributed by atoms with Gasteiger partial charge in [-0.1, -0.05) is 68.9 Å². The van der Waals surface area contributed by atoms with E-state index >= 15 is 0 Å². The Bertz CT molecular complexity index is 1150. The van der Waals surface area contributed by atoms with Crippen LogP contribution in [0.25, 0.3) is 11.3 Å². The summed E-state index contributed by atoms with van der Waals surface area (Å²) in [5.74, 6) is 1.76. The van der Waals surface area contributed by atoms with E-state index in [1.54, 1.807) is 16.7 Å². The molecule has 2 heterocycles. The van der Waals surface area contributed by atoms with Crippen molar-refractivity contribution in [1.29, 1.82) is 0 Å². The molecule has 1 aliphatic rings. The molecular weight excluding hydrogens is 420 g/mol.